The van der Waals surface area contributed by atoms with E-state index in [4.69, 9.17) is 20.9 Å². The standard InChI is InChI=1S/C31H39N9O2/c1-22-18-24(8-9-27(22)42-25-10-13-34-28(19-25)36-20-32)38-31(37-21-33)30-26(11-14-35-30)23-6-4-16-40(17-12-23)29(41)7-5-15-39(2)3/h5,7-11,13-14,18-21,23,35H,4,6,12,15-17H2,1-3H3,(H2,32,34,36)(H2,33,37,38)/p+2/b7-5+. The molecule has 0 bridgehead atoms. The van der Waals surface area contributed by atoms with Crippen molar-refractivity contribution in [3.05, 3.63) is 83.6 Å². The van der Waals surface area contributed by atoms with Gasteiger partial charge in [-0.3, -0.25) is 20.8 Å². The summed E-state index contributed by atoms with van der Waals surface area (Å²) < 4.78 is 6.08. The molecule has 0 radical (unpaired) electrons. The molecular formula is C31H41N9O2+2. The third-order valence-electron chi connectivity index (χ3n) is 7.15. The molecule has 11 heteroatoms. The number of nitrogens with two attached hydrogens (primary N) is 3. The molecule has 0 saturated carbocycles. The van der Waals surface area contributed by atoms with Crippen molar-refractivity contribution in [3.8, 4) is 5.75 Å². The van der Waals surface area contributed by atoms with Gasteiger partial charge in [-0.05, 0) is 70.0 Å². The molecule has 3 heterocycles. The summed E-state index contributed by atoms with van der Waals surface area (Å²) in [5.41, 5.74) is 9.55. The van der Waals surface area contributed by atoms with Crippen LogP contribution < -0.4 is 21.1 Å². The van der Waals surface area contributed by atoms with Crippen LogP contribution in [0.2, 0.25) is 0 Å². The molecule has 220 valence electrons. The zero-order valence-electron chi connectivity index (χ0n) is 24.5. The number of ether oxygens (including phenoxy) is 1. The molecule has 7 N–H and O–H groups in total. The van der Waals surface area contributed by atoms with E-state index < -0.39 is 0 Å². The number of likely N-dealkylation sites (N-methyl/N-ethyl adjacent to an activating group) is 1. The molecule has 0 aromatic heterocycles. The monoisotopic (exact) mass is 571 g/mol. The van der Waals surface area contributed by atoms with Gasteiger partial charge in [0.25, 0.3) is 0 Å². The summed E-state index contributed by atoms with van der Waals surface area (Å²) in [5, 5.41) is 11.0. The number of nitrogens with zero attached hydrogens (tertiary/aromatic N) is 5. The Balaban J connectivity index is 1.50. The smallest absolute Gasteiger partial charge is 0.246 e. The van der Waals surface area contributed by atoms with Crippen LogP contribution >= 0.6 is 0 Å². The zero-order chi connectivity index (χ0) is 29.9. The number of carbonyl (C=O) groups excluding carboxylic acids is 1. The highest BCUT2D eigenvalue weighted by atomic mass is 16.5. The van der Waals surface area contributed by atoms with Gasteiger partial charge in [0.15, 0.2) is 5.70 Å². The van der Waals surface area contributed by atoms with Crippen molar-refractivity contribution in [2.75, 3.05) is 33.7 Å². The van der Waals surface area contributed by atoms with E-state index in [1.165, 1.54) is 11.9 Å². The summed E-state index contributed by atoms with van der Waals surface area (Å²) in [6.45, 7) is 4.18. The molecule has 1 aromatic carbocycles. The Kier molecular flexibility index (Phi) is 10.9. The minimum atomic E-state index is 0.0760. The summed E-state index contributed by atoms with van der Waals surface area (Å²) >= 11 is 0. The maximum Gasteiger partial charge on any atom is 0.246 e. The van der Waals surface area contributed by atoms with Crippen molar-refractivity contribution in [3.63, 3.8) is 0 Å². The number of aryl methyl sites for hydroxylation is 1. The van der Waals surface area contributed by atoms with Crippen LogP contribution in [0.5, 0.6) is 5.75 Å². The molecule has 1 unspecified atom stereocenters. The number of hydrogen-bond acceptors (Lipinski definition) is 5. The predicted octanol–water partition coefficient (Wildman–Crippen LogP) is 1.46. The van der Waals surface area contributed by atoms with Crippen LogP contribution in [0.25, 0.3) is 0 Å². The largest absolute Gasteiger partial charge is 0.457 e. The Morgan fingerprint density at radius 3 is 2.81 bits per heavy atom. The Labute approximate surface area is 247 Å². The zero-order valence-corrected chi connectivity index (χ0v) is 24.5. The van der Waals surface area contributed by atoms with E-state index in [1.54, 1.807) is 12.2 Å². The van der Waals surface area contributed by atoms with Crippen LogP contribution in [-0.2, 0) is 4.79 Å². The average Bonchev–Trinajstić information content (AvgIpc) is 3.32. The number of rotatable bonds is 9. The number of aliphatic imine (C=N–C) groups is 3. The van der Waals surface area contributed by atoms with Crippen molar-refractivity contribution >= 4 is 35.9 Å². The SMILES string of the molecule is Cc1cc(N=C(N=CN)C2=C(C3CCCN(C(=O)/C=C/CN(C)C)CC3)C=C[NH2+]2)ccc1OC1=CC(=NC=N)[NH2+]C=C1. The molecule has 1 saturated heterocycles. The molecule has 1 fully saturated rings. The van der Waals surface area contributed by atoms with Gasteiger partial charge in [0.1, 0.15) is 24.0 Å². The van der Waals surface area contributed by atoms with E-state index in [-0.39, 0.29) is 5.91 Å². The first-order valence-electron chi connectivity index (χ1n) is 14.2. The molecule has 11 nitrogen and oxygen atoms in total. The van der Waals surface area contributed by atoms with Gasteiger partial charge in [0, 0.05) is 43.4 Å². The van der Waals surface area contributed by atoms with Gasteiger partial charge in [0.05, 0.1) is 24.3 Å². The van der Waals surface area contributed by atoms with Gasteiger partial charge >= 0.3 is 0 Å². The number of benzene rings is 1. The van der Waals surface area contributed by atoms with E-state index in [0.717, 1.165) is 55.6 Å². The second-order valence-electron chi connectivity index (χ2n) is 10.5. The molecule has 1 atom stereocenters. The molecule has 3 aliphatic heterocycles. The number of carbonyl (C=O) groups is 1. The van der Waals surface area contributed by atoms with Gasteiger partial charge in [-0.2, -0.15) is 4.99 Å². The second-order valence-corrected chi connectivity index (χ2v) is 10.5. The third-order valence-corrected chi connectivity index (χ3v) is 7.15. The van der Waals surface area contributed by atoms with Crippen LogP contribution in [0.15, 0.2) is 93.0 Å². The number of amides is 1. The summed E-state index contributed by atoms with van der Waals surface area (Å²) in [7, 11) is 3.97. The average molecular weight is 572 g/mol. The first kappa shape index (κ1) is 30.5. The summed E-state index contributed by atoms with van der Waals surface area (Å²) in [5.74, 6) is 2.92. The Morgan fingerprint density at radius 1 is 1.21 bits per heavy atom. The molecule has 1 aromatic rings. The number of amidine groups is 2. The summed E-state index contributed by atoms with van der Waals surface area (Å²) in [6, 6.07) is 5.73. The van der Waals surface area contributed by atoms with Gasteiger partial charge in [-0.15, -0.1) is 0 Å². The Bertz CT molecular complexity index is 1410. The number of nitrogens with one attached hydrogen (secondary N) is 1. The summed E-state index contributed by atoms with van der Waals surface area (Å²) in [6.07, 6.45) is 18.3. The van der Waals surface area contributed by atoms with E-state index in [1.807, 2.05) is 84.2 Å². The molecular weight excluding hydrogens is 530 g/mol. The fourth-order valence-corrected chi connectivity index (χ4v) is 5.09. The quantitative estimate of drug-likeness (QED) is 0.201. The lowest BCUT2D eigenvalue weighted by molar-refractivity contribution is -0.522. The van der Waals surface area contributed by atoms with E-state index in [2.05, 4.69) is 16.1 Å². The third kappa shape index (κ3) is 8.29. The maximum absolute atomic E-state index is 12.7. The highest BCUT2D eigenvalue weighted by molar-refractivity contribution is 6.02. The van der Waals surface area contributed by atoms with Crippen molar-refractivity contribution in [2.24, 2.45) is 26.6 Å². The van der Waals surface area contributed by atoms with Crippen molar-refractivity contribution < 1.29 is 20.2 Å². The minimum absolute atomic E-state index is 0.0760. The Morgan fingerprint density at radius 2 is 2.05 bits per heavy atom. The topological polar surface area (TPSA) is 153 Å². The summed E-state index contributed by atoms with van der Waals surface area (Å²) in [4.78, 5) is 30.0. The first-order valence-corrected chi connectivity index (χ1v) is 14.2. The van der Waals surface area contributed by atoms with Crippen molar-refractivity contribution in [2.45, 2.75) is 26.2 Å². The Hall–Kier alpha value is -4.45. The van der Waals surface area contributed by atoms with Crippen LogP contribution in [0.3, 0.4) is 0 Å². The van der Waals surface area contributed by atoms with Crippen molar-refractivity contribution in [1.82, 2.24) is 9.80 Å². The molecule has 0 aliphatic carbocycles. The van der Waals surface area contributed by atoms with Crippen molar-refractivity contribution in [1.29, 1.82) is 5.41 Å². The predicted molar refractivity (Wildman–Crippen MR) is 167 cm³/mol. The molecule has 4 rings (SSSR count). The number of likely N-dealkylation sites (tertiary alicyclic amines) is 1. The van der Waals surface area contributed by atoms with Crippen LogP contribution in [0.4, 0.5) is 5.69 Å². The van der Waals surface area contributed by atoms with Crippen LogP contribution in [0.1, 0.15) is 24.8 Å². The minimum Gasteiger partial charge on any atom is -0.457 e. The van der Waals surface area contributed by atoms with Gasteiger partial charge in [0.2, 0.25) is 17.6 Å². The fourth-order valence-electron chi connectivity index (χ4n) is 5.09. The highest BCUT2D eigenvalue weighted by Gasteiger charge is 2.29. The highest BCUT2D eigenvalue weighted by Crippen LogP contribution is 2.30. The lowest BCUT2D eigenvalue weighted by Crippen LogP contribution is -2.82. The molecule has 0 spiro atoms. The molecule has 3 aliphatic rings. The lowest BCUT2D eigenvalue weighted by Gasteiger charge is -2.19. The normalized spacial score (nSPS) is 20.7. The van der Waals surface area contributed by atoms with Gasteiger partial charge < -0.3 is 20.3 Å². The lowest BCUT2D eigenvalue weighted by atomic mass is 9.90. The first-order chi connectivity index (χ1) is 20.4. The second kappa shape index (κ2) is 15.0. The number of quaternary nitrogens is 2. The van der Waals surface area contributed by atoms with Crippen LogP contribution in [0, 0.1) is 18.3 Å². The number of hydrogen-bond donors (Lipinski definition) is 4. The fraction of sp³-hybridized carbons (Fsp3) is 0.323. The van der Waals surface area contributed by atoms with E-state index in [9.17, 15) is 4.79 Å². The van der Waals surface area contributed by atoms with Gasteiger partial charge in [-0.25, -0.2) is 9.98 Å². The van der Waals surface area contributed by atoms with E-state index in [0.29, 0.717) is 35.6 Å². The molecule has 1 amide bonds. The van der Waals surface area contributed by atoms with E-state index >= 15 is 0 Å². The maximum atomic E-state index is 12.7. The van der Waals surface area contributed by atoms with Gasteiger partial charge in [-0.1, -0.05) is 6.08 Å². The van der Waals surface area contributed by atoms with Crippen LogP contribution in [-0.4, -0.2) is 73.8 Å². The number of allylic oxidation sites excluding steroid dienone is 3. The molecule has 42 heavy (non-hydrogen) atoms.